The van der Waals surface area contributed by atoms with E-state index in [4.69, 9.17) is 23.2 Å². The molecule has 2 rings (SSSR count). The van der Waals surface area contributed by atoms with Crippen LogP contribution in [0.3, 0.4) is 0 Å². The Balaban J connectivity index is 2.29. The van der Waals surface area contributed by atoms with Crippen LogP contribution in [-0.4, -0.2) is 9.13 Å². The number of imidazole rings is 1. The Morgan fingerprint density at radius 3 is 2.44 bits per heavy atom. The lowest BCUT2D eigenvalue weighted by atomic mass is 10.2. The fourth-order valence-electron chi connectivity index (χ4n) is 1.78. The number of hydrogen-bond donors (Lipinski definition) is 0. The molecule has 0 fully saturated rings. The van der Waals surface area contributed by atoms with Crippen LogP contribution in [0.2, 0.25) is 10.0 Å². The van der Waals surface area contributed by atoms with Gasteiger partial charge in [0.1, 0.15) is 0 Å². The predicted molar refractivity (Wildman–Crippen MR) is 74.6 cm³/mol. The van der Waals surface area contributed by atoms with Crippen molar-refractivity contribution < 1.29 is 0 Å². The predicted octanol–water partition coefficient (Wildman–Crippen LogP) is 3.59. The quantitative estimate of drug-likeness (QED) is 0.846. The van der Waals surface area contributed by atoms with Gasteiger partial charge in [-0.05, 0) is 31.5 Å². The maximum atomic E-state index is 12.0. The Morgan fingerprint density at radius 2 is 1.89 bits per heavy atom. The van der Waals surface area contributed by atoms with E-state index in [1.54, 1.807) is 33.7 Å². The van der Waals surface area contributed by atoms with Gasteiger partial charge in [0.05, 0.1) is 16.6 Å². The van der Waals surface area contributed by atoms with Crippen LogP contribution in [0.5, 0.6) is 0 Å². The molecular formula is C13H14Cl2N2O. The molecule has 0 saturated carbocycles. The molecule has 1 aromatic heterocycles. The molecule has 0 aliphatic rings. The molecule has 1 heterocycles. The summed E-state index contributed by atoms with van der Waals surface area (Å²) in [6.45, 7) is 4.45. The maximum Gasteiger partial charge on any atom is 0.328 e. The van der Waals surface area contributed by atoms with Crippen molar-refractivity contribution >= 4 is 23.2 Å². The van der Waals surface area contributed by atoms with Crippen molar-refractivity contribution in [2.75, 3.05) is 0 Å². The van der Waals surface area contributed by atoms with Gasteiger partial charge in [0.2, 0.25) is 0 Å². The first-order chi connectivity index (χ1) is 8.49. The van der Waals surface area contributed by atoms with Crippen LogP contribution >= 0.6 is 23.2 Å². The number of hydrogen-bond acceptors (Lipinski definition) is 1. The molecule has 0 N–H and O–H groups in total. The second-order valence-corrected chi connectivity index (χ2v) is 5.27. The van der Waals surface area contributed by atoms with E-state index >= 15 is 0 Å². The normalized spacial score (nSPS) is 11.2. The number of nitrogens with zero attached hydrogens (tertiary/aromatic N) is 2. The molecule has 18 heavy (non-hydrogen) atoms. The molecular weight excluding hydrogens is 271 g/mol. The highest BCUT2D eigenvalue weighted by Crippen LogP contribution is 2.22. The van der Waals surface area contributed by atoms with Gasteiger partial charge in [0, 0.05) is 18.4 Å². The molecule has 0 amide bonds. The fraction of sp³-hybridized carbons (Fsp3) is 0.308. The van der Waals surface area contributed by atoms with Gasteiger partial charge in [0.15, 0.2) is 0 Å². The summed E-state index contributed by atoms with van der Waals surface area (Å²) in [4.78, 5) is 12.0. The molecule has 0 aliphatic carbocycles. The third-order valence-electron chi connectivity index (χ3n) is 2.77. The Labute approximate surface area is 116 Å². The molecule has 0 saturated heterocycles. The van der Waals surface area contributed by atoms with Crippen LogP contribution in [0.1, 0.15) is 25.5 Å². The highest BCUT2D eigenvalue weighted by Gasteiger charge is 2.07. The van der Waals surface area contributed by atoms with E-state index < -0.39 is 0 Å². The van der Waals surface area contributed by atoms with E-state index in [1.807, 2.05) is 19.9 Å². The smallest absolute Gasteiger partial charge is 0.297 e. The summed E-state index contributed by atoms with van der Waals surface area (Å²) in [6.07, 6.45) is 3.58. The van der Waals surface area contributed by atoms with Crippen LogP contribution in [0.15, 0.2) is 35.4 Å². The first kappa shape index (κ1) is 13.2. The van der Waals surface area contributed by atoms with Gasteiger partial charge < -0.3 is 0 Å². The van der Waals surface area contributed by atoms with E-state index in [2.05, 4.69) is 0 Å². The molecule has 2 aromatic rings. The molecule has 96 valence electrons. The van der Waals surface area contributed by atoms with Crippen LogP contribution in [0, 0.1) is 0 Å². The summed E-state index contributed by atoms with van der Waals surface area (Å²) in [5, 5.41) is 1.03. The average molecular weight is 285 g/mol. The van der Waals surface area contributed by atoms with E-state index in [1.165, 1.54) is 0 Å². The van der Waals surface area contributed by atoms with E-state index in [9.17, 15) is 4.79 Å². The first-order valence-electron chi connectivity index (χ1n) is 5.70. The zero-order valence-electron chi connectivity index (χ0n) is 10.2. The lowest BCUT2D eigenvalue weighted by Crippen LogP contribution is -2.25. The molecule has 5 heteroatoms. The van der Waals surface area contributed by atoms with Crippen molar-refractivity contribution in [2.45, 2.75) is 26.4 Å². The minimum Gasteiger partial charge on any atom is -0.297 e. The molecule has 0 radical (unpaired) electrons. The van der Waals surface area contributed by atoms with Gasteiger partial charge >= 0.3 is 5.69 Å². The molecule has 0 bridgehead atoms. The second kappa shape index (κ2) is 5.21. The standard InChI is InChI=1S/C13H14Cl2N2O/c1-9(2)17-6-5-16(13(17)18)8-10-3-4-11(14)12(15)7-10/h3-7,9H,8H2,1-2H3. The SMILES string of the molecule is CC(C)n1ccn(Cc2ccc(Cl)c(Cl)c2)c1=O. The second-order valence-electron chi connectivity index (χ2n) is 4.46. The minimum atomic E-state index is -0.0175. The van der Waals surface area contributed by atoms with Crippen molar-refractivity contribution in [2.24, 2.45) is 0 Å². The summed E-state index contributed by atoms with van der Waals surface area (Å²) in [5.41, 5.74) is 0.934. The fourth-order valence-corrected chi connectivity index (χ4v) is 2.10. The molecule has 0 unspecified atom stereocenters. The number of halogens is 2. The zero-order chi connectivity index (χ0) is 13.3. The zero-order valence-corrected chi connectivity index (χ0v) is 11.7. The molecule has 0 atom stereocenters. The third kappa shape index (κ3) is 2.62. The minimum absolute atomic E-state index is 0.0175. The average Bonchev–Trinajstić information content (AvgIpc) is 2.66. The Kier molecular flexibility index (Phi) is 3.83. The van der Waals surface area contributed by atoms with Gasteiger partial charge in [-0.2, -0.15) is 0 Å². The maximum absolute atomic E-state index is 12.0. The topological polar surface area (TPSA) is 26.9 Å². The number of rotatable bonds is 3. The van der Waals surface area contributed by atoms with Gasteiger partial charge in [-0.1, -0.05) is 29.3 Å². The van der Waals surface area contributed by atoms with Gasteiger partial charge in [-0.15, -0.1) is 0 Å². The summed E-state index contributed by atoms with van der Waals surface area (Å²) in [7, 11) is 0. The van der Waals surface area contributed by atoms with Gasteiger partial charge in [-0.3, -0.25) is 9.13 Å². The van der Waals surface area contributed by atoms with Gasteiger partial charge in [0.25, 0.3) is 0 Å². The van der Waals surface area contributed by atoms with Gasteiger partial charge in [-0.25, -0.2) is 4.79 Å². The Morgan fingerprint density at radius 1 is 1.17 bits per heavy atom. The van der Waals surface area contributed by atoms with Crippen LogP contribution in [0.4, 0.5) is 0 Å². The van der Waals surface area contributed by atoms with Crippen molar-refractivity contribution in [1.29, 1.82) is 0 Å². The van der Waals surface area contributed by atoms with Crippen molar-refractivity contribution in [3.63, 3.8) is 0 Å². The Bertz CT molecular complexity index is 614. The van der Waals surface area contributed by atoms with E-state index in [-0.39, 0.29) is 11.7 Å². The summed E-state index contributed by atoms with van der Waals surface area (Å²) < 4.78 is 3.34. The van der Waals surface area contributed by atoms with Crippen LogP contribution < -0.4 is 5.69 Å². The van der Waals surface area contributed by atoms with Crippen molar-refractivity contribution in [3.05, 3.63) is 56.7 Å². The monoisotopic (exact) mass is 284 g/mol. The lowest BCUT2D eigenvalue weighted by molar-refractivity contribution is 0.561. The highest BCUT2D eigenvalue weighted by atomic mass is 35.5. The molecule has 0 aliphatic heterocycles. The summed E-state index contributed by atoms with van der Waals surface area (Å²) in [5.74, 6) is 0. The largest absolute Gasteiger partial charge is 0.328 e. The third-order valence-corrected chi connectivity index (χ3v) is 3.51. The van der Waals surface area contributed by atoms with Crippen molar-refractivity contribution in [1.82, 2.24) is 9.13 Å². The molecule has 3 nitrogen and oxygen atoms in total. The van der Waals surface area contributed by atoms with Crippen molar-refractivity contribution in [3.8, 4) is 0 Å². The lowest BCUT2D eigenvalue weighted by Gasteiger charge is -2.06. The van der Waals surface area contributed by atoms with E-state index in [0.29, 0.717) is 16.6 Å². The molecule has 0 spiro atoms. The summed E-state index contributed by atoms with van der Waals surface area (Å²) >= 11 is 11.8. The number of aromatic nitrogens is 2. The van der Waals surface area contributed by atoms with Crippen LogP contribution in [0.25, 0.3) is 0 Å². The summed E-state index contributed by atoms with van der Waals surface area (Å²) in [6, 6.07) is 5.55. The Hall–Kier alpha value is -1.19. The first-order valence-corrected chi connectivity index (χ1v) is 6.46. The molecule has 1 aromatic carbocycles. The highest BCUT2D eigenvalue weighted by molar-refractivity contribution is 6.42. The number of benzene rings is 1. The van der Waals surface area contributed by atoms with E-state index in [0.717, 1.165) is 5.56 Å². The van der Waals surface area contributed by atoms with Crippen LogP contribution in [-0.2, 0) is 6.54 Å².